The van der Waals surface area contributed by atoms with Gasteiger partial charge in [-0.05, 0) is 62.6 Å². The van der Waals surface area contributed by atoms with Gasteiger partial charge in [0.25, 0.3) is 0 Å². The zero-order chi connectivity index (χ0) is 14.9. The Morgan fingerprint density at radius 2 is 1.65 bits per heavy atom. The molecule has 1 aromatic carbocycles. The molecule has 20 heavy (non-hydrogen) atoms. The van der Waals surface area contributed by atoms with Crippen molar-refractivity contribution in [3.8, 4) is 11.6 Å². The molecule has 0 unspecified atom stereocenters. The van der Waals surface area contributed by atoms with Crippen molar-refractivity contribution in [2.75, 3.05) is 0 Å². The van der Waals surface area contributed by atoms with Crippen molar-refractivity contribution in [2.24, 2.45) is 5.73 Å². The summed E-state index contributed by atoms with van der Waals surface area (Å²) in [5, 5.41) is 0.708. The van der Waals surface area contributed by atoms with Crippen LogP contribution in [0, 0.1) is 27.7 Å². The van der Waals surface area contributed by atoms with Crippen molar-refractivity contribution < 1.29 is 4.74 Å². The van der Waals surface area contributed by atoms with Gasteiger partial charge in [-0.3, -0.25) is 0 Å². The monoisotopic (exact) mass is 290 g/mol. The van der Waals surface area contributed by atoms with Crippen LogP contribution in [-0.4, -0.2) is 4.98 Å². The number of ether oxygens (including phenoxy) is 1. The van der Waals surface area contributed by atoms with Crippen molar-refractivity contribution in [3.05, 3.63) is 51.2 Å². The largest absolute Gasteiger partial charge is 0.438 e. The number of hydrogen-bond donors (Lipinski definition) is 1. The van der Waals surface area contributed by atoms with E-state index in [-0.39, 0.29) is 0 Å². The van der Waals surface area contributed by atoms with Gasteiger partial charge in [-0.2, -0.15) is 0 Å². The van der Waals surface area contributed by atoms with E-state index in [1.807, 2.05) is 45.9 Å². The zero-order valence-electron chi connectivity index (χ0n) is 12.2. The maximum absolute atomic E-state index is 6.04. The Morgan fingerprint density at radius 1 is 1.05 bits per heavy atom. The highest BCUT2D eigenvalue weighted by atomic mass is 35.5. The van der Waals surface area contributed by atoms with Gasteiger partial charge in [0.15, 0.2) is 0 Å². The first-order chi connectivity index (χ1) is 9.42. The van der Waals surface area contributed by atoms with Crippen LogP contribution < -0.4 is 10.5 Å². The predicted octanol–water partition coefficient (Wildman–Crippen LogP) is 4.22. The molecular weight excluding hydrogens is 272 g/mol. The standard InChI is InChI=1S/C16H19ClN2O/c1-9-5-12(4)19-16(14(9)8-18)20-15-10(2)6-13(17)7-11(15)3/h5-7H,8,18H2,1-4H3. The van der Waals surface area contributed by atoms with E-state index in [1.165, 1.54) is 0 Å². The third-order valence-electron chi connectivity index (χ3n) is 3.27. The molecular formula is C16H19ClN2O. The summed E-state index contributed by atoms with van der Waals surface area (Å²) in [6.45, 7) is 8.31. The highest BCUT2D eigenvalue weighted by molar-refractivity contribution is 6.30. The van der Waals surface area contributed by atoms with Crippen molar-refractivity contribution in [2.45, 2.75) is 34.2 Å². The molecule has 4 heteroatoms. The van der Waals surface area contributed by atoms with E-state index in [0.717, 1.165) is 33.7 Å². The van der Waals surface area contributed by atoms with Crippen molar-refractivity contribution in [3.63, 3.8) is 0 Å². The third-order valence-corrected chi connectivity index (χ3v) is 3.48. The summed E-state index contributed by atoms with van der Waals surface area (Å²) < 4.78 is 6.03. The van der Waals surface area contributed by atoms with Gasteiger partial charge >= 0.3 is 0 Å². The number of aromatic nitrogens is 1. The molecule has 106 valence electrons. The number of benzene rings is 1. The smallest absolute Gasteiger partial charge is 0.224 e. The molecule has 1 heterocycles. The van der Waals surface area contributed by atoms with Gasteiger partial charge in [-0.15, -0.1) is 0 Å². The quantitative estimate of drug-likeness (QED) is 0.920. The van der Waals surface area contributed by atoms with Crippen LogP contribution in [0.5, 0.6) is 11.6 Å². The minimum atomic E-state index is 0.403. The topological polar surface area (TPSA) is 48.1 Å². The van der Waals surface area contributed by atoms with Gasteiger partial charge in [0, 0.05) is 22.8 Å². The summed E-state index contributed by atoms with van der Waals surface area (Å²) in [4.78, 5) is 4.47. The molecule has 1 aromatic heterocycles. The van der Waals surface area contributed by atoms with Gasteiger partial charge in [-0.25, -0.2) is 4.98 Å². The van der Waals surface area contributed by atoms with Crippen molar-refractivity contribution in [1.82, 2.24) is 4.98 Å². The summed E-state index contributed by atoms with van der Waals surface area (Å²) in [6.07, 6.45) is 0. The predicted molar refractivity (Wildman–Crippen MR) is 82.6 cm³/mol. The van der Waals surface area contributed by atoms with Gasteiger partial charge in [0.2, 0.25) is 5.88 Å². The summed E-state index contributed by atoms with van der Waals surface area (Å²) in [5.74, 6) is 1.38. The van der Waals surface area contributed by atoms with Crippen LogP contribution >= 0.6 is 11.6 Å². The van der Waals surface area contributed by atoms with Gasteiger partial charge in [-0.1, -0.05) is 11.6 Å². The molecule has 0 amide bonds. The molecule has 0 radical (unpaired) electrons. The molecule has 0 spiro atoms. The van der Waals surface area contributed by atoms with Crippen LogP contribution in [0.4, 0.5) is 0 Å². The molecule has 0 bridgehead atoms. The Kier molecular flexibility index (Phi) is 4.31. The Morgan fingerprint density at radius 3 is 2.20 bits per heavy atom. The number of nitrogens with zero attached hydrogens (tertiary/aromatic N) is 1. The van der Waals surface area contributed by atoms with E-state index >= 15 is 0 Å². The Bertz CT molecular complexity index is 630. The molecule has 0 aliphatic heterocycles. The van der Waals surface area contributed by atoms with Gasteiger partial charge in [0.05, 0.1) is 0 Å². The number of aryl methyl sites for hydroxylation is 4. The van der Waals surface area contributed by atoms with Crippen LogP contribution in [0.25, 0.3) is 0 Å². The van der Waals surface area contributed by atoms with E-state index in [4.69, 9.17) is 22.1 Å². The SMILES string of the molecule is Cc1cc(C)c(CN)c(Oc2c(C)cc(Cl)cc2C)n1. The second kappa shape index (κ2) is 5.81. The summed E-state index contributed by atoms with van der Waals surface area (Å²) >= 11 is 6.04. The molecule has 0 fully saturated rings. The average molecular weight is 291 g/mol. The van der Waals surface area contributed by atoms with E-state index in [1.54, 1.807) is 0 Å². The minimum Gasteiger partial charge on any atom is -0.438 e. The van der Waals surface area contributed by atoms with Crippen LogP contribution in [-0.2, 0) is 6.54 Å². The molecule has 3 nitrogen and oxygen atoms in total. The molecule has 0 saturated heterocycles. The Hall–Kier alpha value is -1.58. The van der Waals surface area contributed by atoms with Crippen molar-refractivity contribution >= 4 is 11.6 Å². The van der Waals surface area contributed by atoms with E-state index < -0.39 is 0 Å². The Balaban J connectivity index is 2.50. The van der Waals surface area contributed by atoms with Crippen LogP contribution in [0.3, 0.4) is 0 Å². The molecule has 2 rings (SSSR count). The number of pyridine rings is 1. The fraction of sp³-hybridized carbons (Fsp3) is 0.312. The maximum Gasteiger partial charge on any atom is 0.224 e. The molecule has 2 aromatic rings. The lowest BCUT2D eigenvalue weighted by Gasteiger charge is -2.16. The van der Waals surface area contributed by atoms with Crippen molar-refractivity contribution in [1.29, 1.82) is 0 Å². The minimum absolute atomic E-state index is 0.403. The third kappa shape index (κ3) is 2.94. The molecule has 0 aliphatic carbocycles. The second-order valence-electron chi connectivity index (χ2n) is 5.04. The first-order valence-corrected chi connectivity index (χ1v) is 6.92. The summed E-state index contributed by atoms with van der Waals surface area (Å²) in [7, 11) is 0. The van der Waals surface area contributed by atoms with E-state index in [2.05, 4.69) is 4.98 Å². The highest BCUT2D eigenvalue weighted by Crippen LogP contribution is 2.32. The van der Waals surface area contributed by atoms with E-state index in [0.29, 0.717) is 17.4 Å². The summed E-state index contributed by atoms with van der Waals surface area (Å²) in [5.41, 5.74) is 10.7. The lowest BCUT2D eigenvalue weighted by atomic mass is 10.1. The first-order valence-electron chi connectivity index (χ1n) is 6.54. The van der Waals surface area contributed by atoms with Crippen LogP contribution in [0.15, 0.2) is 18.2 Å². The number of nitrogens with two attached hydrogens (primary N) is 1. The Labute approximate surface area is 124 Å². The zero-order valence-corrected chi connectivity index (χ0v) is 13.0. The molecule has 0 atom stereocenters. The van der Waals surface area contributed by atoms with E-state index in [9.17, 15) is 0 Å². The number of rotatable bonds is 3. The second-order valence-corrected chi connectivity index (χ2v) is 5.48. The maximum atomic E-state index is 6.04. The fourth-order valence-corrected chi connectivity index (χ4v) is 2.64. The number of halogens is 1. The molecule has 0 saturated carbocycles. The summed E-state index contributed by atoms with van der Waals surface area (Å²) in [6, 6.07) is 5.78. The number of hydrogen-bond acceptors (Lipinski definition) is 3. The molecule has 0 aliphatic rings. The van der Waals surface area contributed by atoms with Gasteiger partial charge in [0.1, 0.15) is 5.75 Å². The lowest BCUT2D eigenvalue weighted by molar-refractivity contribution is 0.447. The normalized spacial score (nSPS) is 10.7. The van der Waals surface area contributed by atoms with Crippen LogP contribution in [0.2, 0.25) is 5.02 Å². The fourth-order valence-electron chi connectivity index (χ4n) is 2.32. The first kappa shape index (κ1) is 14.8. The average Bonchev–Trinajstić information content (AvgIpc) is 2.33. The molecule has 2 N–H and O–H groups in total. The lowest BCUT2D eigenvalue weighted by Crippen LogP contribution is -2.06. The highest BCUT2D eigenvalue weighted by Gasteiger charge is 2.13. The van der Waals surface area contributed by atoms with Gasteiger partial charge < -0.3 is 10.5 Å². The van der Waals surface area contributed by atoms with Crippen LogP contribution in [0.1, 0.15) is 27.9 Å².